The first-order chi connectivity index (χ1) is 9.14. The van der Waals surface area contributed by atoms with Gasteiger partial charge >= 0.3 is 0 Å². The molecule has 1 N–H and O–H groups in total. The second-order valence-corrected chi connectivity index (χ2v) is 5.05. The highest BCUT2D eigenvalue weighted by Crippen LogP contribution is 2.42. The van der Waals surface area contributed by atoms with Crippen molar-refractivity contribution in [2.75, 3.05) is 0 Å². The van der Waals surface area contributed by atoms with E-state index < -0.39 is 6.10 Å². The van der Waals surface area contributed by atoms with Crippen LogP contribution in [0.15, 0.2) is 42.6 Å². The van der Waals surface area contributed by atoms with E-state index >= 15 is 0 Å². The van der Waals surface area contributed by atoms with Crippen molar-refractivity contribution in [3.63, 3.8) is 0 Å². The highest BCUT2D eigenvalue weighted by Gasteiger charge is 2.38. The van der Waals surface area contributed by atoms with Gasteiger partial charge in [-0.05, 0) is 24.5 Å². The van der Waals surface area contributed by atoms with Gasteiger partial charge in [0.15, 0.2) is 0 Å². The summed E-state index contributed by atoms with van der Waals surface area (Å²) in [6.07, 6.45) is 3.06. The molecule has 3 heteroatoms. The summed E-state index contributed by atoms with van der Waals surface area (Å²) in [5.74, 6) is 0. The van der Waals surface area contributed by atoms with E-state index in [0.29, 0.717) is 0 Å². The third kappa shape index (κ3) is 2.43. The summed E-state index contributed by atoms with van der Waals surface area (Å²) in [5, 5.41) is 15.2. The molecule has 3 nitrogen and oxygen atoms in total. The summed E-state index contributed by atoms with van der Waals surface area (Å²) in [4.78, 5) is 0. The van der Waals surface area contributed by atoms with Crippen LogP contribution in [0.2, 0.25) is 0 Å². The molecule has 0 spiro atoms. The maximum Gasteiger partial charge on any atom is 0.107 e. The molecule has 19 heavy (non-hydrogen) atoms. The minimum Gasteiger partial charge on any atom is -0.386 e. The summed E-state index contributed by atoms with van der Waals surface area (Å²) >= 11 is 0. The average molecular weight is 258 g/mol. The molecular formula is C16H22N2O. The van der Waals surface area contributed by atoms with Crippen LogP contribution in [0, 0.1) is 0 Å². The predicted octanol–water partition coefficient (Wildman–Crippen LogP) is 3.21. The van der Waals surface area contributed by atoms with Gasteiger partial charge in [-0.2, -0.15) is 5.10 Å². The zero-order chi connectivity index (χ0) is 13.9. The average Bonchev–Trinajstić information content (AvgIpc) is 2.88. The van der Waals surface area contributed by atoms with Gasteiger partial charge in [-0.15, -0.1) is 0 Å². The van der Waals surface area contributed by atoms with Crippen molar-refractivity contribution in [3.8, 4) is 0 Å². The number of hydrogen-bond donors (Lipinski definition) is 1. The minimum absolute atomic E-state index is 0.268. The highest BCUT2D eigenvalue weighted by molar-refractivity contribution is 5.29. The van der Waals surface area contributed by atoms with Gasteiger partial charge in [-0.3, -0.25) is 4.68 Å². The van der Waals surface area contributed by atoms with Gasteiger partial charge in [0.2, 0.25) is 0 Å². The standard InChI is InChI=1S/C16H22N2O/c1-4-16(5-2,13-9-7-6-8-10-13)15(19)14-11-12-18(3)17-14/h6-12,15,19H,4-5H2,1-3H3. The van der Waals surface area contributed by atoms with E-state index in [1.165, 1.54) is 5.56 Å². The number of rotatable bonds is 5. The Kier molecular flexibility index (Phi) is 4.05. The summed E-state index contributed by atoms with van der Waals surface area (Å²) in [7, 11) is 1.87. The Balaban J connectivity index is 2.45. The Morgan fingerprint density at radius 2 is 1.79 bits per heavy atom. The SMILES string of the molecule is CCC(CC)(c1ccccc1)C(O)c1ccn(C)n1. The van der Waals surface area contributed by atoms with Gasteiger partial charge in [0.25, 0.3) is 0 Å². The van der Waals surface area contributed by atoms with Crippen molar-refractivity contribution >= 4 is 0 Å². The topological polar surface area (TPSA) is 38.0 Å². The van der Waals surface area contributed by atoms with Crippen molar-refractivity contribution in [2.24, 2.45) is 7.05 Å². The minimum atomic E-state index is -0.578. The molecule has 1 atom stereocenters. The van der Waals surface area contributed by atoms with Crippen LogP contribution in [0.5, 0.6) is 0 Å². The summed E-state index contributed by atoms with van der Waals surface area (Å²) in [6, 6.07) is 12.2. The van der Waals surface area contributed by atoms with Gasteiger partial charge in [-0.25, -0.2) is 0 Å². The molecule has 1 aromatic carbocycles. The van der Waals surface area contributed by atoms with E-state index in [4.69, 9.17) is 0 Å². The fourth-order valence-electron chi connectivity index (χ4n) is 2.83. The zero-order valence-electron chi connectivity index (χ0n) is 11.9. The van der Waals surface area contributed by atoms with Crippen molar-refractivity contribution in [1.82, 2.24) is 9.78 Å². The number of benzene rings is 1. The van der Waals surface area contributed by atoms with Gasteiger partial charge < -0.3 is 5.11 Å². The van der Waals surface area contributed by atoms with E-state index in [9.17, 15) is 5.11 Å². The van der Waals surface area contributed by atoms with Crippen molar-refractivity contribution in [2.45, 2.75) is 38.2 Å². The fourth-order valence-corrected chi connectivity index (χ4v) is 2.83. The molecule has 0 saturated carbocycles. The van der Waals surface area contributed by atoms with E-state index in [1.807, 2.05) is 37.5 Å². The largest absolute Gasteiger partial charge is 0.386 e. The lowest BCUT2D eigenvalue weighted by Gasteiger charge is -2.36. The third-order valence-corrected chi connectivity index (χ3v) is 4.15. The van der Waals surface area contributed by atoms with Crippen LogP contribution in [0.25, 0.3) is 0 Å². The first-order valence-electron chi connectivity index (χ1n) is 6.87. The van der Waals surface area contributed by atoms with E-state index in [2.05, 4.69) is 31.1 Å². The number of aryl methyl sites for hydroxylation is 1. The molecule has 0 aliphatic heterocycles. The van der Waals surface area contributed by atoms with Gasteiger partial charge in [0.1, 0.15) is 6.10 Å². The number of aliphatic hydroxyl groups is 1. The molecule has 0 amide bonds. The molecular weight excluding hydrogens is 236 g/mol. The molecule has 0 fully saturated rings. The summed E-state index contributed by atoms with van der Waals surface area (Å²) in [5.41, 5.74) is 1.66. The molecule has 0 aliphatic rings. The maximum atomic E-state index is 10.8. The molecule has 0 saturated heterocycles. The Morgan fingerprint density at radius 3 is 2.26 bits per heavy atom. The predicted molar refractivity (Wildman–Crippen MR) is 76.9 cm³/mol. The van der Waals surface area contributed by atoms with E-state index in [0.717, 1.165) is 18.5 Å². The second-order valence-electron chi connectivity index (χ2n) is 5.05. The molecule has 1 unspecified atom stereocenters. The van der Waals surface area contributed by atoms with E-state index in [1.54, 1.807) is 4.68 Å². The second kappa shape index (κ2) is 5.57. The van der Waals surface area contributed by atoms with Crippen molar-refractivity contribution in [3.05, 3.63) is 53.9 Å². The molecule has 1 heterocycles. The van der Waals surface area contributed by atoms with Gasteiger partial charge in [-0.1, -0.05) is 44.2 Å². The molecule has 0 bridgehead atoms. The van der Waals surface area contributed by atoms with Gasteiger partial charge in [0, 0.05) is 18.7 Å². The van der Waals surface area contributed by atoms with Crippen LogP contribution in [0.3, 0.4) is 0 Å². The Hall–Kier alpha value is -1.61. The van der Waals surface area contributed by atoms with E-state index in [-0.39, 0.29) is 5.41 Å². The van der Waals surface area contributed by atoms with Crippen LogP contribution >= 0.6 is 0 Å². The van der Waals surface area contributed by atoms with Crippen LogP contribution in [0.1, 0.15) is 44.1 Å². The van der Waals surface area contributed by atoms with Crippen LogP contribution in [-0.4, -0.2) is 14.9 Å². The maximum absolute atomic E-state index is 10.8. The smallest absolute Gasteiger partial charge is 0.107 e. The normalized spacial score (nSPS) is 13.5. The number of nitrogens with zero attached hydrogens (tertiary/aromatic N) is 2. The van der Waals surface area contributed by atoms with Gasteiger partial charge in [0.05, 0.1) is 5.69 Å². The number of hydrogen-bond acceptors (Lipinski definition) is 2. The van der Waals surface area contributed by atoms with Crippen LogP contribution in [0.4, 0.5) is 0 Å². The lowest BCUT2D eigenvalue weighted by atomic mass is 9.70. The van der Waals surface area contributed by atoms with Crippen LogP contribution < -0.4 is 0 Å². The monoisotopic (exact) mass is 258 g/mol. The zero-order valence-corrected chi connectivity index (χ0v) is 11.9. The molecule has 102 valence electrons. The highest BCUT2D eigenvalue weighted by atomic mass is 16.3. The lowest BCUT2D eigenvalue weighted by Crippen LogP contribution is -2.33. The number of aliphatic hydroxyl groups excluding tert-OH is 1. The first kappa shape index (κ1) is 13.8. The molecule has 1 aromatic heterocycles. The molecule has 2 rings (SSSR count). The number of aromatic nitrogens is 2. The third-order valence-electron chi connectivity index (χ3n) is 4.15. The summed E-state index contributed by atoms with van der Waals surface area (Å²) in [6.45, 7) is 4.26. The fraction of sp³-hybridized carbons (Fsp3) is 0.438. The Morgan fingerprint density at radius 1 is 1.16 bits per heavy atom. The summed E-state index contributed by atoms with van der Waals surface area (Å²) < 4.78 is 1.74. The lowest BCUT2D eigenvalue weighted by molar-refractivity contribution is 0.0685. The van der Waals surface area contributed by atoms with Crippen molar-refractivity contribution < 1.29 is 5.11 Å². The first-order valence-corrected chi connectivity index (χ1v) is 6.87. The molecule has 2 aromatic rings. The quantitative estimate of drug-likeness (QED) is 0.894. The molecule has 0 aliphatic carbocycles. The Labute approximate surface area is 114 Å². The molecule has 0 radical (unpaired) electrons. The Bertz CT molecular complexity index is 515. The van der Waals surface area contributed by atoms with Crippen LogP contribution in [-0.2, 0) is 12.5 Å². The van der Waals surface area contributed by atoms with Crippen molar-refractivity contribution in [1.29, 1.82) is 0 Å².